The van der Waals surface area contributed by atoms with Crippen LogP contribution in [-0.4, -0.2) is 42.9 Å². The fourth-order valence-corrected chi connectivity index (χ4v) is 2.63. The van der Waals surface area contributed by atoms with Crippen molar-refractivity contribution in [2.45, 2.75) is 45.1 Å². The van der Waals surface area contributed by atoms with Crippen molar-refractivity contribution in [2.75, 3.05) is 31.1 Å². The van der Waals surface area contributed by atoms with Crippen molar-refractivity contribution < 1.29 is 9.53 Å². The highest BCUT2D eigenvalue weighted by Crippen LogP contribution is 2.20. The van der Waals surface area contributed by atoms with Gasteiger partial charge in [0.15, 0.2) is 0 Å². The van der Waals surface area contributed by atoms with Gasteiger partial charge in [0, 0.05) is 38.3 Å². The van der Waals surface area contributed by atoms with Crippen LogP contribution in [0.5, 0.6) is 0 Å². The average Bonchev–Trinajstić information content (AvgIpc) is 3.01. The average molecular weight is 320 g/mol. The first-order chi connectivity index (χ1) is 10.9. The Morgan fingerprint density at radius 3 is 2.61 bits per heavy atom. The molecule has 1 amide bonds. The molecule has 1 fully saturated rings. The third-order valence-corrected chi connectivity index (χ3v) is 3.85. The number of hydrogen-bond donors (Lipinski definition) is 2. The summed E-state index contributed by atoms with van der Waals surface area (Å²) >= 11 is 0. The van der Waals surface area contributed by atoms with E-state index < -0.39 is 11.7 Å². The van der Waals surface area contributed by atoms with E-state index >= 15 is 0 Å². The lowest BCUT2D eigenvalue weighted by Crippen LogP contribution is -2.36. The number of nitrogens with zero attached hydrogens (tertiary/aromatic N) is 2. The van der Waals surface area contributed by atoms with Crippen LogP contribution in [0, 0.1) is 0 Å². The second-order valence-electron chi connectivity index (χ2n) is 6.96. The van der Waals surface area contributed by atoms with Gasteiger partial charge >= 0.3 is 6.09 Å². The van der Waals surface area contributed by atoms with Crippen LogP contribution in [0.2, 0.25) is 0 Å². The molecule has 1 aromatic heterocycles. The van der Waals surface area contributed by atoms with E-state index in [0.717, 1.165) is 24.5 Å². The Labute approximate surface area is 138 Å². The number of anilines is 1. The lowest BCUT2D eigenvalue weighted by molar-refractivity contribution is 0.0525. The van der Waals surface area contributed by atoms with Gasteiger partial charge in [0.1, 0.15) is 11.4 Å². The van der Waals surface area contributed by atoms with Crippen molar-refractivity contribution >= 4 is 11.9 Å². The summed E-state index contributed by atoms with van der Waals surface area (Å²) < 4.78 is 5.24. The Balaban J connectivity index is 1.91. The van der Waals surface area contributed by atoms with E-state index in [-0.39, 0.29) is 5.92 Å². The Hall–Kier alpha value is -1.82. The van der Waals surface area contributed by atoms with E-state index in [4.69, 9.17) is 10.5 Å². The molecule has 6 nitrogen and oxygen atoms in total. The molecule has 1 saturated heterocycles. The molecular weight excluding hydrogens is 292 g/mol. The Kier molecular flexibility index (Phi) is 5.82. The van der Waals surface area contributed by atoms with Crippen LogP contribution < -0.4 is 16.0 Å². The van der Waals surface area contributed by atoms with Gasteiger partial charge in [-0.3, -0.25) is 0 Å². The molecule has 2 heterocycles. The molecule has 2 rings (SSSR count). The standard InChI is InChI=1S/C17H28N4O2/c1-17(2,3)23-16(22)20-12-14(10-18)13-6-7-15(19-11-13)21-8-4-5-9-21/h6-7,11,14H,4-5,8-10,12,18H2,1-3H3,(H,20,22). The molecule has 0 spiro atoms. The molecule has 0 saturated carbocycles. The largest absolute Gasteiger partial charge is 0.444 e. The van der Waals surface area contributed by atoms with E-state index in [1.807, 2.05) is 33.0 Å². The molecule has 128 valence electrons. The number of nitrogens with one attached hydrogen (secondary N) is 1. The minimum atomic E-state index is -0.499. The SMILES string of the molecule is CC(C)(C)OC(=O)NCC(CN)c1ccc(N2CCCC2)nc1. The lowest BCUT2D eigenvalue weighted by atomic mass is 10.0. The van der Waals surface area contributed by atoms with Gasteiger partial charge < -0.3 is 20.7 Å². The van der Waals surface area contributed by atoms with Gasteiger partial charge in [-0.1, -0.05) is 6.07 Å². The summed E-state index contributed by atoms with van der Waals surface area (Å²) in [6, 6.07) is 4.09. The molecular formula is C17H28N4O2. The fourth-order valence-electron chi connectivity index (χ4n) is 2.63. The van der Waals surface area contributed by atoms with Gasteiger partial charge in [-0.2, -0.15) is 0 Å². The van der Waals surface area contributed by atoms with Crippen LogP contribution >= 0.6 is 0 Å². The maximum Gasteiger partial charge on any atom is 0.407 e. The summed E-state index contributed by atoms with van der Waals surface area (Å²) in [5.74, 6) is 1.05. The number of ether oxygens (including phenoxy) is 1. The number of amides is 1. The van der Waals surface area contributed by atoms with Crippen LogP contribution in [0.4, 0.5) is 10.6 Å². The maximum atomic E-state index is 11.7. The summed E-state index contributed by atoms with van der Waals surface area (Å²) in [6.07, 6.45) is 3.91. The topological polar surface area (TPSA) is 80.5 Å². The third-order valence-electron chi connectivity index (χ3n) is 3.85. The summed E-state index contributed by atoms with van der Waals surface area (Å²) in [7, 11) is 0. The molecule has 0 aromatic carbocycles. The van der Waals surface area contributed by atoms with Gasteiger partial charge in [-0.05, 0) is 45.2 Å². The molecule has 0 radical (unpaired) electrons. The number of carbonyl (C=O) groups excluding carboxylic acids is 1. The normalized spacial score (nSPS) is 16.3. The highest BCUT2D eigenvalue weighted by molar-refractivity contribution is 5.67. The van der Waals surface area contributed by atoms with Crippen LogP contribution in [0.15, 0.2) is 18.3 Å². The first kappa shape index (κ1) is 17.5. The van der Waals surface area contributed by atoms with Crippen molar-refractivity contribution in [3.8, 4) is 0 Å². The van der Waals surface area contributed by atoms with Gasteiger partial charge in [0.05, 0.1) is 0 Å². The monoisotopic (exact) mass is 320 g/mol. The molecule has 0 aliphatic carbocycles. The second-order valence-corrected chi connectivity index (χ2v) is 6.96. The minimum Gasteiger partial charge on any atom is -0.444 e. The predicted molar refractivity (Wildman–Crippen MR) is 91.7 cm³/mol. The van der Waals surface area contributed by atoms with E-state index in [1.54, 1.807) is 0 Å². The highest BCUT2D eigenvalue weighted by Gasteiger charge is 2.18. The van der Waals surface area contributed by atoms with Crippen molar-refractivity contribution in [1.82, 2.24) is 10.3 Å². The number of alkyl carbamates (subject to hydrolysis) is 1. The van der Waals surface area contributed by atoms with Crippen molar-refractivity contribution in [1.29, 1.82) is 0 Å². The summed E-state index contributed by atoms with van der Waals surface area (Å²) in [4.78, 5) is 18.6. The summed E-state index contributed by atoms with van der Waals surface area (Å²) in [6.45, 7) is 8.56. The first-order valence-electron chi connectivity index (χ1n) is 8.27. The maximum absolute atomic E-state index is 11.7. The number of carbonyl (C=O) groups is 1. The van der Waals surface area contributed by atoms with Crippen LogP contribution in [0.25, 0.3) is 0 Å². The number of rotatable bonds is 5. The molecule has 1 atom stereocenters. The van der Waals surface area contributed by atoms with Gasteiger partial charge in [-0.25, -0.2) is 9.78 Å². The molecule has 6 heteroatoms. The van der Waals surface area contributed by atoms with Crippen LogP contribution in [0.3, 0.4) is 0 Å². The van der Waals surface area contributed by atoms with E-state index in [1.165, 1.54) is 12.8 Å². The minimum absolute atomic E-state index is 0.0302. The van der Waals surface area contributed by atoms with Crippen molar-refractivity contribution in [2.24, 2.45) is 5.73 Å². The molecule has 1 unspecified atom stereocenters. The highest BCUT2D eigenvalue weighted by atomic mass is 16.6. The zero-order valence-corrected chi connectivity index (χ0v) is 14.3. The zero-order valence-electron chi connectivity index (χ0n) is 14.3. The predicted octanol–water partition coefficient (Wildman–Crippen LogP) is 2.25. The van der Waals surface area contributed by atoms with Crippen LogP contribution in [0.1, 0.15) is 45.1 Å². The number of aromatic nitrogens is 1. The van der Waals surface area contributed by atoms with E-state index in [0.29, 0.717) is 13.1 Å². The van der Waals surface area contributed by atoms with Crippen molar-refractivity contribution in [3.63, 3.8) is 0 Å². The van der Waals surface area contributed by atoms with Gasteiger partial charge in [0.25, 0.3) is 0 Å². The quantitative estimate of drug-likeness (QED) is 0.870. The Morgan fingerprint density at radius 2 is 2.09 bits per heavy atom. The fraction of sp³-hybridized carbons (Fsp3) is 0.647. The van der Waals surface area contributed by atoms with E-state index in [9.17, 15) is 4.79 Å². The Morgan fingerprint density at radius 1 is 1.39 bits per heavy atom. The summed E-state index contributed by atoms with van der Waals surface area (Å²) in [5, 5.41) is 2.78. The first-order valence-corrected chi connectivity index (χ1v) is 8.27. The number of hydrogen-bond acceptors (Lipinski definition) is 5. The lowest BCUT2D eigenvalue weighted by Gasteiger charge is -2.22. The van der Waals surface area contributed by atoms with Gasteiger partial charge in [-0.15, -0.1) is 0 Å². The zero-order chi connectivity index (χ0) is 16.9. The molecule has 0 bridgehead atoms. The molecule has 1 aromatic rings. The number of nitrogens with two attached hydrogens (primary N) is 1. The van der Waals surface area contributed by atoms with E-state index in [2.05, 4.69) is 21.3 Å². The molecule has 1 aliphatic rings. The van der Waals surface area contributed by atoms with Crippen molar-refractivity contribution in [3.05, 3.63) is 23.9 Å². The Bertz CT molecular complexity index is 504. The molecule has 23 heavy (non-hydrogen) atoms. The molecule has 3 N–H and O–H groups in total. The number of pyridine rings is 1. The molecule has 1 aliphatic heterocycles. The second kappa shape index (κ2) is 7.64. The third kappa shape index (κ3) is 5.39. The smallest absolute Gasteiger partial charge is 0.407 e. The van der Waals surface area contributed by atoms with Crippen LogP contribution in [-0.2, 0) is 4.74 Å². The summed E-state index contributed by atoms with van der Waals surface area (Å²) in [5.41, 5.74) is 6.38. The van der Waals surface area contributed by atoms with Gasteiger partial charge in [0.2, 0.25) is 0 Å².